The molecular formula is C66H113N9O15. The number of likely N-dealkylation sites (N-methyl/N-ethyl adjacent to an activating group) is 7. The summed E-state index contributed by atoms with van der Waals surface area (Å²) in [4.78, 5) is 186. The van der Waals surface area contributed by atoms with Gasteiger partial charge in [-0.3, -0.25) is 52.7 Å². The summed E-state index contributed by atoms with van der Waals surface area (Å²) in [6.45, 7) is 27.4. The predicted molar refractivity (Wildman–Crippen MR) is 342 cm³/mol. The molecule has 1 unspecified atom stereocenters. The van der Waals surface area contributed by atoms with Crippen molar-refractivity contribution in [2.45, 2.75) is 223 Å². The molecule has 512 valence electrons. The maximum atomic E-state index is 15.3. The van der Waals surface area contributed by atoms with E-state index in [1.165, 1.54) is 80.8 Å². The lowest BCUT2D eigenvalue weighted by atomic mass is 9.84. The molecule has 0 aromatic carbocycles. The van der Waals surface area contributed by atoms with Crippen LogP contribution in [0.2, 0.25) is 0 Å². The zero-order valence-corrected chi connectivity index (χ0v) is 58.5. The molecule has 1 fully saturated rings. The van der Waals surface area contributed by atoms with Crippen LogP contribution < -0.4 is 5.32 Å². The molecule has 13 atom stereocenters. The fraction of sp³-hybridized carbons (Fsp3) is 0.803. The number of nitrogens with one attached hydrogen (secondary N) is 1. The van der Waals surface area contributed by atoms with Crippen LogP contribution in [0.4, 0.5) is 0 Å². The van der Waals surface area contributed by atoms with Gasteiger partial charge in [0.25, 0.3) is 0 Å². The number of aliphatic hydroxyl groups is 1. The standard InChI is InChI=1S/C66H113N9O15/c1-24-44-31-53(78)57(58(80)41(14)30-54-68-46(34-90-54)66(88)89)75(23)65(87)56(40(12)13)74(22)64(86)50(28-38(8)9)73(21)63(85)49(27-37(6)7)72(20)60(82)43(16)67-59(81)42(15)29-51(76)48(26-36(4)5)71(19)62(84)45(39(10)11)32-52(77)47(25-35(2)3)70(18)55(79)33-69(17)61(44)83/h35-50,56-58,80H,24-34H2,1-23H3,(H,67,81)(H,88,89)/t41-,42-,43-,44-,45+,46?,47+,48+,49+,50+,56+,57-,58-/m1/s1. The van der Waals surface area contributed by atoms with Crippen LogP contribution in [-0.4, -0.2) is 238 Å². The number of ketones is 3. The Morgan fingerprint density at radius 1 is 0.544 bits per heavy atom. The Morgan fingerprint density at radius 2 is 0.989 bits per heavy atom. The van der Waals surface area contributed by atoms with Crippen LogP contribution in [0.1, 0.15) is 169 Å². The van der Waals surface area contributed by atoms with Crippen molar-refractivity contribution < 1.29 is 72.5 Å². The van der Waals surface area contributed by atoms with E-state index in [9.17, 15) is 48.6 Å². The number of Topliss-reactive ketones (excluding diaryl/α,β-unsaturated/α-hetero) is 3. The van der Waals surface area contributed by atoms with Crippen LogP contribution in [0.5, 0.6) is 0 Å². The van der Waals surface area contributed by atoms with E-state index < -0.39 is 173 Å². The first kappa shape index (κ1) is 79.8. The van der Waals surface area contributed by atoms with Gasteiger partial charge in [-0.2, -0.15) is 0 Å². The van der Waals surface area contributed by atoms with Crippen molar-refractivity contribution in [2.75, 3.05) is 62.5 Å². The number of aliphatic hydroxyl groups excluding tert-OH is 1. The van der Waals surface area contributed by atoms with Crippen molar-refractivity contribution in [1.29, 1.82) is 0 Å². The van der Waals surface area contributed by atoms with Crippen LogP contribution in [0, 0.1) is 59.2 Å². The van der Waals surface area contributed by atoms with Crippen molar-refractivity contribution in [3.8, 4) is 0 Å². The van der Waals surface area contributed by atoms with Gasteiger partial charge in [-0.05, 0) is 80.5 Å². The maximum Gasteiger partial charge on any atom is 0.332 e. The molecule has 0 saturated carbocycles. The molecule has 0 radical (unpaired) electrons. The van der Waals surface area contributed by atoms with Gasteiger partial charge in [0, 0.05) is 92.8 Å². The van der Waals surface area contributed by atoms with Crippen molar-refractivity contribution in [3.63, 3.8) is 0 Å². The average molecular weight is 1270 g/mol. The number of aliphatic carboxylic acids is 1. The van der Waals surface area contributed by atoms with Gasteiger partial charge in [0.05, 0.1) is 24.7 Å². The minimum atomic E-state index is -1.69. The summed E-state index contributed by atoms with van der Waals surface area (Å²) in [5, 5.41) is 24.7. The zero-order valence-electron chi connectivity index (χ0n) is 58.5. The number of nitrogens with zero attached hydrogens (tertiary/aromatic N) is 8. The van der Waals surface area contributed by atoms with Gasteiger partial charge in [0.2, 0.25) is 47.3 Å². The minimum Gasteiger partial charge on any atom is -0.480 e. The molecule has 24 nitrogen and oxygen atoms in total. The number of rotatable bonds is 16. The van der Waals surface area contributed by atoms with E-state index in [4.69, 9.17) is 4.74 Å². The average Bonchev–Trinajstić information content (AvgIpc) is 0.972. The van der Waals surface area contributed by atoms with Crippen LogP contribution in [0.25, 0.3) is 0 Å². The van der Waals surface area contributed by atoms with Gasteiger partial charge in [0.15, 0.2) is 29.3 Å². The smallest absolute Gasteiger partial charge is 0.332 e. The number of amides is 8. The van der Waals surface area contributed by atoms with Gasteiger partial charge in [-0.25, -0.2) is 9.79 Å². The highest BCUT2D eigenvalue weighted by molar-refractivity contribution is 6.00. The van der Waals surface area contributed by atoms with E-state index in [1.807, 2.05) is 55.4 Å². The molecular weight excluding hydrogens is 1160 g/mol. The number of aliphatic imine (C=N–C) groups is 1. The first-order chi connectivity index (χ1) is 41.5. The first-order valence-electron chi connectivity index (χ1n) is 32.4. The molecule has 90 heavy (non-hydrogen) atoms. The van der Waals surface area contributed by atoms with Crippen molar-refractivity contribution in [1.82, 2.24) is 39.6 Å². The molecule has 8 amide bonds. The highest BCUT2D eigenvalue weighted by Crippen LogP contribution is 2.30. The van der Waals surface area contributed by atoms with Gasteiger partial charge in [-0.15, -0.1) is 0 Å². The summed E-state index contributed by atoms with van der Waals surface area (Å²) < 4.78 is 5.56. The van der Waals surface area contributed by atoms with Crippen molar-refractivity contribution in [2.24, 2.45) is 64.2 Å². The number of carbonyl (C=O) groups excluding carboxylic acids is 11. The second-order valence-corrected chi connectivity index (χ2v) is 28.1. The third-order valence-corrected chi connectivity index (χ3v) is 17.8. The number of carboxylic acid groups (broad SMARTS) is 1. The van der Waals surface area contributed by atoms with Crippen LogP contribution in [-0.2, 0) is 62.3 Å². The summed E-state index contributed by atoms with van der Waals surface area (Å²) in [6.07, 6.45) is -2.20. The largest absolute Gasteiger partial charge is 0.480 e. The summed E-state index contributed by atoms with van der Waals surface area (Å²) >= 11 is 0. The molecule has 2 rings (SSSR count). The molecule has 0 aromatic heterocycles. The topological polar surface area (TPSA) is 302 Å². The fourth-order valence-electron chi connectivity index (χ4n) is 12.1. The van der Waals surface area contributed by atoms with Gasteiger partial charge in [0.1, 0.15) is 36.8 Å². The summed E-state index contributed by atoms with van der Waals surface area (Å²) in [5.41, 5.74) is 0. The molecule has 1 saturated heterocycles. The zero-order chi connectivity index (χ0) is 69.4. The summed E-state index contributed by atoms with van der Waals surface area (Å²) in [5.74, 6) is -13.3. The molecule has 0 aromatic rings. The SMILES string of the molecule is CC[C@@H]1CC(=O)[C@H]([C@H](O)[C@H](C)CC2=NC(C(=O)O)CO2)N(C)C(=O)[C@H](C(C)C)N(C)C(=O)[C@H](CC(C)C)N(C)C(=O)[C@H](CC(C)C)N(C)C(=O)[C@@H](C)NC(=O)[C@H](C)CC(=O)[C@H](CC(C)C)N(C)C(=O)[C@H](C(C)C)CC(=O)[C@H](CC(C)C)N(C)C(=O)CN(C)C1=O. The lowest BCUT2D eigenvalue weighted by Crippen LogP contribution is -2.61. The minimum absolute atomic E-state index is 0.0101. The molecule has 3 N–H and O–H groups in total. The van der Waals surface area contributed by atoms with E-state index in [0.717, 1.165) is 9.80 Å². The molecule has 0 spiro atoms. The summed E-state index contributed by atoms with van der Waals surface area (Å²) in [6, 6.07) is -9.79. The second-order valence-electron chi connectivity index (χ2n) is 28.1. The third-order valence-electron chi connectivity index (χ3n) is 17.8. The Bertz CT molecular complexity index is 2570. The van der Waals surface area contributed by atoms with Gasteiger partial charge >= 0.3 is 5.97 Å². The molecule has 2 aliphatic heterocycles. The van der Waals surface area contributed by atoms with Crippen molar-refractivity contribution >= 4 is 76.5 Å². The number of hydrogen-bond donors (Lipinski definition) is 3. The van der Waals surface area contributed by atoms with Gasteiger partial charge < -0.3 is 54.6 Å². The quantitative estimate of drug-likeness (QED) is 0.186. The normalized spacial score (nSPS) is 27.8. The van der Waals surface area contributed by atoms with E-state index in [1.54, 1.807) is 48.5 Å². The Labute approximate surface area is 536 Å². The van der Waals surface area contributed by atoms with Crippen LogP contribution in [0.15, 0.2) is 4.99 Å². The predicted octanol–water partition coefficient (Wildman–Crippen LogP) is 4.85. The highest BCUT2D eigenvalue weighted by Gasteiger charge is 2.46. The van der Waals surface area contributed by atoms with E-state index in [2.05, 4.69) is 10.3 Å². The van der Waals surface area contributed by atoms with Crippen LogP contribution in [0.3, 0.4) is 0 Å². The molecule has 0 bridgehead atoms. The Hall–Kier alpha value is -6.33. The second kappa shape index (κ2) is 35.5. The van der Waals surface area contributed by atoms with Crippen LogP contribution >= 0.6 is 0 Å². The van der Waals surface area contributed by atoms with E-state index in [-0.39, 0.29) is 87.5 Å². The lowest BCUT2D eigenvalue weighted by Gasteiger charge is -2.41. The molecule has 2 aliphatic rings. The molecule has 24 heteroatoms. The monoisotopic (exact) mass is 1270 g/mol. The highest BCUT2D eigenvalue weighted by atomic mass is 16.5. The third kappa shape index (κ3) is 21.7. The number of carbonyl (C=O) groups is 12. The Morgan fingerprint density at radius 3 is 1.44 bits per heavy atom. The number of carboxylic acids is 1. The number of hydrogen-bond acceptors (Lipinski definition) is 15. The molecule has 0 aliphatic carbocycles. The first-order valence-corrected chi connectivity index (χ1v) is 32.4. The lowest BCUT2D eigenvalue weighted by molar-refractivity contribution is -0.157. The fourth-order valence-corrected chi connectivity index (χ4v) is 12.1. The Kier molecular flexibility index (Phi) is 31.4. The van der Waals surface area contributed by atoms with Gasteiger partial charge in [-0.1, -0.05) is 104 Å². The Balaban J connectivity index is 3.00. The number of ether oxygens (including phenoxy) is 1. The van der Waals surface area contributed by atoms with E-state index >= 15 is 19.2 Å². The van der Waals surface area contributed by atoms with E-state index in [0.29, 0.717) is 0 Å². The molecule has 2 heterocycles. The maximum absolute atomic E-state index is 15.3. The summed E-state index contributed by atoms with van der Waals surface area (Å²) in [7, 11) is 9.95. The van der Waals surface area contributed by atoms with Crippen molar-refractivity contribution in [3.05, 3.63) is 0 Å².